The van der Waals surface area contributed by atoms with Gasteiger partial charge in [-0.25, -0.2) is 0 Å². The van der Waals surface area contributed by atoms with E-state index in [0.29, 0.717) is 0 Å². The average Bonchev–Trinajstić information content (AvgIpc) is 2.34. The van der Waals surface area contributed by atoms with Crippen molar-refractivity contribution in [2.24, 2.45) is 0 Å². The van der Waals surface area contributed by atoms with E-state index in [2.05, 4.69) is 41.8 Å². The third kappa shape index (κ3) is 15.0. The molecule has 0 heterocycles. The molecule has 140 valence electrons. The number of hydrogen-bond donors (Lipinski definition) is 0. The second-order valence-corrected chi connectivity index (χ2v) is 8.43. The summed E-state index contributed by atoms with van der Waals surface area (Å²) in [5, 5.41) is 0. The van der Waals surface area contributed by atoms with Crippen LogP contribution in [0.5, 0.6) is 0 Å². The van der Waals surface area contributed by atoms with Gasteiger partial charge in [-0.2, -0.15) is 0 Å². The summed E-state index contributed by atoms with van der Waals surface area (Å²) in [6, 6.07) is 0. The summed E-state index contributed by atoms with van der Waals surface area (Å²) in [6.07, 6.45) is 9.35. The van der Waals surface area contributed by atoms with E-state index >= 15 is 0 Å². The molecule has 0 amide bonds. The van der Waals surface area contributed by atoms with Crippen LogP contribution in [-0.2, 0) is 18.0 Å². The number of hydrogen-bond acceptors (Lipinski definition) is 7. The zero-order valence-corrected chi connectivity index (χ0v) is 16.3. The quantitative estimate of drug-likeness (QED) is 0.399. The zero-order valence-electron chi connectivity index (χ0n) is 14.5. The predicted octanol–water partition coefficient (Wildman–Crippen LogP) is 2.74. The lowest BCUT2D eigenvalue weighted by atomic mass is 10.1. The Balaban J connectivity index is 4.18. The van der Waals surface area contributed by atoms with Gasteiger partial charge in [0.05, 0.1) is 14.4 Å². The number of allylic oxidation sites excluding steroid dienone is 5. The van der Waals surface area contributed by atoms with Gasteiger partial charge in [0.25, 0.3) is 7.82 Å². The van der Waals surface area contributed by atoms with Crippen LogP contribution >= 0.6 is 15.6 Å². The number of phosphoric acid groups is 2. The van der Waals surface area contributed by atoms with Gasteiger partial charge in [0.15, 0.2) is 0 Å². The van der Waals surface area contributed by atoms with Crippen molar-refractivity contribution in [1.29, 1.82) is 0 Å². The van der Waals surface area contributed by atoms with E-state index in [1.54, 1.807) is 6.92 Å². The molecule has 0 radical (unpaired) electrons. The zero-order chi connectivity index (χ0) is 18.8. The Labute approximate surface area is 143 Å². The van der Waals surface area contributed by atoms with E-state index in [0.717, 1.165) is 31.3 Å². The van der Waals surface area contributed by atoms with Gasteiger partial charge in [0, 0.05) is 0 Å². The van der Waals surface area contributed by atoms with E-state index in [9.17, 15) is 23.8 Å². The molecule has 0 rings (SSSR count). The second kappa shape index (κ2) is 11.2. The van der Waals surface area contributed by atoms with Crippen molar-refractivity contribution in [3.8, 4) is 0 Å². The molecule has 0 aromatic carbocycles. The molecule has 0 aliphatic carbocycles. The van der Waals surface area contributed by atoms with Gasteiger partial charge in [-0.05, 0) is 53.4 Å². The summed E-state index contributed by atoms with van der Waals surface area (Å²) in [5.41, 5.74) is 3.47. The fourth-order valence-corrected chi connectivity index (χ4v) is 3.18. The lowest BCUT2D eigenvalue weighted by molar-refractivity contribution is -0.339. The largest absolute Gasteiger partial charge is 0.790 e. The fourth-order valence-electron chi connectivity index (χ4n) is 1.76. The Morgan fingerprint density at radius 3 is 1.88 bits per heavy atom. The molecule has 0 aromatic rings. The van der Waals surface area contributed by atoms with E-state index < -0.39 is 15.6 Å². The van der Waals surface area contributed by atoms with Gasteiger partial charge in [0.1, 0.15) is 0 Å². The molecule has 0 N–H and O–H groups in total. The predicted molar refractivity (Wildman–Crippen MR) is 87.7 cm³/mol. The molecule has 0 saturated carbocycles. The molecule has 0 bridgehead atoms. The van der Waals surface area contributed by atoms with Gasteiger partial charge in [-0.1, -0.05) is 34.9 Å². The molecule has 0 spiro atoms. The van der Waals surface area contributed by atoms with Crippen LogP contribution in [0.2, 0.25) is 0 Å². The first-order chi connectivity index (χ1) is 10.9. The summed E-state index contributed by atoms with van der Waals surface area (Å²) in [6.45, 7) is 7.62. The van der Waals surface area contributed by atoms with Crippen molar-refractivity contribution < 1.29 is 32.6 Å². The first-order valence-corrected chi connectivity index (χ1v) is 10.5. The minimum atomic E-state index is -5.63. The van der Waals surface area contributed by atoms with Gasteiger partial charge >= 0.3 is 0 Å². The highest BCUT2D eigenvalue weighted by Crippen LogP contribution is 2.50. The maximum Gasteiger partial charge on any atom is 0.272 e. The standard InChI is InChI=1S/C15H28O7P2/c1-13(2)7-5-8-14(3)9-6-10-15(4)11-12-21-24(19,20)22-23(16,17)18/h7,9,11H,5-6,8,10,12H2,1-4H3,(H,19,20)(H2,16,17,18)/p-3/b14-9+,15-11+. The maximum absolute atomic E-state index is 11.0. The van der Waals surface area contributed by atoms with Crippen molar-refractivity contribution in [2.45, 2.75) is 53.4 Å². The lowest BCUT2D eigenvalue weighted by Gasteiger charge is -2.34. The Bertz CT molecular complexity index is 568. The monoisotopic (exact) mass is 379 g/mol. The molecule has 0 aromatic heterocycles. The minimum Gasteiger partial charge on any atom is -0.790 e. The molecule has 0 aliphatic rings. The Morgan fingerprint density at radius 2 is 1.38 bits per heavy atom. The normalized spacial score (nSPS) is 16.0. The van der Waals surface area contributed by atoms with Crippen molar-refractivity contribution in [2.75, 3.05) is 6.61 Å². The molecule has 0 aliphatic heterocycles. The highest BCUT2D eigenvalue weighted by molar-refractivity contribution is 7.58. The minimum absolute atomic E-state index is 0.379. The summed E-state index contributed by atoms with van der Waals surface area (Å²) >= 11 is 0. The topological polar surface area (TPSA) is 122 Å². The summed E-state index contributed by atoms with van der Waals surface area (Å²) in [5.74, 6) is 0. The number of rotatable bonds is 11. The Morgan fingerprint density at radius 1 is 0.875 bits per heavy atom. The molecular formula is C15H25O7P2-3. The average molecular weight is 379 g/mol. The van der Waals surface area contributed by atoms with Crippen LogP contribution < -0.4 is 14.7 Å². The highest BCUT2D eigenvalue weighted by atomic mass is 31.3. The van der Waals surface area contributed by atoms with Crippen molar-refractivity contribution in [3.63, 3.8) is 0 Å². The lowest BCUT2D eigenvalue weighted by Crippen LogP contribution is -2.19. The number of phosphoric ester groups is 1. The van der Waals surface area contributed by atoms with E-state index in [-0.39, 0.29) is 6.61 Å². The molecule has 1 unspecified atom stereocenters. The highest BCUT2D eigenvalue weighted by Gasteiger charge is 2.10. The third-order valence-electron chi connectivity index (χ3n) is 2.99. The smallest absolute Gasteiger partial charge is 0.272 e. The van der Waals surface area contributed by atoms with Crippen LogP contribution in [-0.4, -0.2) is 6.61 Å². The van der Waals surface area contributed by atoms with Crippen molar-refractivity contribution in [3.05, 3.63) is 34.9 Å². The van der Waals surface area contributed by atoms with Crippen LogP contribution in [0, 0.1) is 0 Å². The SMILES string of the molecule is CC(C)=CCC/C(C)=C/CC/C(C)=C/COP(=O)([O-])OP(=O)([O-])[O-]. The molecule has 9 heteroatoms. The fraction of sp³-hybridized carbons (Fsp3) is 0.600. The van der Waals surface area contributed by atoms with Crippen LogP contribution in [0.25, 0.3) is 0 Å². The molecule has 1 atom stereocenters. The molecule has 0 saturated heterocycles. The first kappa shape index (κ1) is 23.5. The third-order valence-corrected chi connectivity index (χ3v) is 5.05. The van der Waals surface area contributed by atoms with Crippen molar-refractivity contribution >= 4 is 15.6 Å². The molecule has 7 nitrogen and oxygen atoms in total. The van der Waals surface area contributed by atoms with Crippen molar-refractivity contribution in [1.82, 2.24) is 0 Å². The van der Waals surface area contributed by atoms with E-state index in [1.165, 1.54) is 17.2 Å². The molecule has 0 fully saturated rings. The van der Waals surface area contributed by atoms with Gasteiger partial charge in [-0.15, -0.1) is 0 Å². The first-order valence-electron chi connectivity index (χ1n) is 7.55. The van der Waals surface area contributed by atoms with Crippen LogP contribution in [0.3, 0.4) is 0 Å². The molecular weight excluding hydrogens is 354 g/mol. The van der Waals surface area contributed by atoms with Crippen LogP contribution in [0.15, 0.2) is 34.9 Å². The van der Waals surface area contributed by atoms with Gasteiger partial charge in [0.2, 0.25) is 0 Å². The van der Waals surface area contributed by atoms with Crippen LogP contribution in [0.1, 0.15) is 53.4 Å². The van der Waals surface area contributed by atoms with E-state index in [4.69, 9.17) is 0 Å². The molecule has 24 heavy (non-hydrogen) atoms. The Hall–Kier alpha value is -0.520. The van der Waals surface area contributed by atoms with E-state index in [1.807, 2.05) is 0 Å². The maximum atomic E-state index is 11.0. The summed E-state index contributed by atoms with van der Waals surface area (Å²) < 4.78 is 28.9. The Kier molecular flexibility index (Phi) is 10.9. The van der Waals surface area contributed by atoms with Crippen LogP contribution in [0.4, 0.5) is 0 Å². The summed E-state index contributed by atoms with van der Waals surface area (Å²) in [7, 11) is -10.8. The van der Waals surface area contributed by atoms with Gasteiger partial charge < -0.3 is 23.8 Å². The summed E-state index contributed by atoms with van der Waals surface area (Å²) in [4.78, 5) is 31.5. The second-order valence-electron chi connectivity index (χ2n) is 5.73. The van der Waals surface area contributed by atoms with Gasteiger partial charge in [-0.3, -0.25) is 8.88 Å².